The van der Waals surface area contributed by atoms with Crippen molar-refractivity contribution in [2.75, 3.05) is 0 Å². The van der Waals surface area contributed by atoms with E-state index in [0.717, 1.165) is 23.5 Å². The Labute approximate surface area is 137 Å². The molecule has 0 amide bonds. The van der Waals surface area contributed by atoms with E-state index in [4.69, 9.17) is 0 Å². The number of hydrogen-bond donors (Lipinski definition) is 2. The molecule has 0 aromatic rings. The minimum Gasteiger partial charge on any atom is -0.166 e. The second-order valence-electron chi connectivity index (χ2n) is 3.25. The molecule has 0 nitrogen and oxygen atoms in total. The minimum atomic E-state index is -5.03. The quantitative estimate of drug-likeness (QED) is 0.354. The summed E-state index contributed by atoms with van der Waals surface area (Å²) in [4.78, 5) is -3.24. The third kappa shape index (κ3) is 3.62. The topological polar surface area (TPSA) is 0 Å². The lowest BCUT2D eigenvalue weighted by Crippen LogP contribution is -2.16. The summed E-state index contributed by atoms with van der Waals surface area (Å²) in [5, 5.41) is 0. The predicted octanol–water partition coefficient (Wildman–Crippen LogP) is 6.40. The van der Waals surface area contributed by atoms with Crippen LogP contribution in [0.1, 0.15) is 0 Å². The van der Waals surface area contributed by atoms with Crippen LogP contribution in [0.15, 0.2) is 26.8 Å². The molecule has 12 heteroatoms. The van der Waals surface area contributed by atoms with Gasteiger partial charge in [-0.05, 0) is 0 Å². The molecule has 0 aliphatic carbocycles. The van der Waals surface area contributed by atoms with Crippen LogP contribution in [0.4, 0.5) is 26.3 Å². The van der Waals surface area contributed by atoms with Gasteiger partial charge in [0.1, 0.15) is 9.81 Å². The molecule has 20 heavy (non-hydrogen) atoms. The largest absolute Gasteiger partial charge is 0.423 e. The van der Waals surface area contributed by atoms with E-state index in [1.807, 2.05) is 0 Å². The molecule has 2 rings (SSSR count). The Balaban J connectivity index is 2.35. The highest BCUT2D eigenvalue weighted by Gasteiger charge is 2.51. The van der Waals surface area contributed by atoms with Gasteiger partial charge in [-0.2, -0.15) is 26.3 Å². The van der Waals surface area contributed by atoms with E-state index >= 15 is 0 Å². The smallest absolute Gasteiger partial charge is 0.166 e. The minimum absolute atomic E-state index is 0.0461. The van der Waals surface area contributed by atoms with Gasteiger partial charge in [0.2, 0.25) is 0 Å². The van der Waals surface area contributed by atoms with E-state index in [-0.39, 0.29) is 27.8 Å². The van der Waals surface area contributed by atoms with Gasteiger partial charge in [0.25, 0.3) is 0 Å². The Morgan fingerprint density at radius 1 is 0.600 bits per heavy atom. The van der Waals surface area contributed by atoms with E-state index in [9.17, 15) is 26.3 Å². The molecular weight excluding hydrogens is 402 g/mol. The van der Waals surface area contributed by atoms with E-state index in [2.05, 4.69) is 25.3 Å². The molecule has 0 aromatic carbocycles. The van der Waals surface area contributed by atoms with Crippen LogP contribution in [-0.2, 0) is 0 Å². The lowest BCUT2D eigenvalue weighted by molar-refractivity contribution is -0.103. The second-order valence-corrected chi connectivity index (χ2v) is 9.35. The zero-order valence-electron chi connectivity index (χ0n) is 8.80. The summed E-state index contributed by atoms with van der Waals surface area (Å²) in [6, 6.07) is 0. The number of halogens is 6. The molecule has 0 saturated carbocycles. The van der Waals surface area contributed by atoms with Crippen molar-refractivity contribution in [3.8, 4) is 0 Å². The number of thiol groups is 2. The lowest BCUT2D eigenvalue weighted by Gasteiger charge is -2.10. The summed E-state index contributed by atoms with van der Waals surface area (Å²) in [6.07, 6.45) is -10.1. The number of alkyl halides is 6. The Bertz CT molecular complexity index is 495. The molecular formula is C8H2F6S6. The van der Waals surface area contributed by atoms with Crippen molar-refractivity contribution in [3.63, 3.8) is 0 Å². The number of thioether (sulfide) groups is 4. The highest BCUT2D eigenvalue weighted by atomic mass is 32.2. The number of hydrogen-bond acceptors (Lipinski definition) is 6. The normalized spacial score (nSPS) is 21.6. The molecule has 0 saturated heterocycles. The molecule has 0 aromatic heterocycles. The van der Waals surface area contributed by atoms with Crippen LogP contribution < -0.4 is 0 Å². The first-order chi connectivity index (χ1) is 9.00. The lowest BCUT2D eigenvalue weighted by atomic mass is 10.4. The Kier molecular flexibility index (Phi) is 5.04. The van der Waals surface area contributed by atoms with Crippen molar-refractivity contribution in [3.05, 3.63) is 26.8 Å². The van der Waals surface area contributed by atoms with Gasteiger partial charge < -0.3 is 0 Å². The average Bonchev–Trinajstić information content (AvgIpc) is 2.82. The summed E-state index contributed by atoms with van der Waals surface area (Å²) in [5.41, 5.74) is 0. The second kappa shape index (κ2) is 5.84. The molecule has 0 radical (unpaired) electrons. The van der Waals surface area contributed by atoms with Crippen molar-refractivity contribution in [1.82, 2.24) is 0 Å². The fourth-order valence-corrected chi connectivity index (χ4v) is 7.03. The summed E-state index contributed by atoms with van der Waals surface area (Å²) in [5.74, 6) is 0. The third-order valence-corrected chi connectivity index (χ3v) is 8.72. The Morgan fingerprint density at radius 3 is 1.20 bits per heavy atom. The highest BCUT2D eigenvalue weighted by Crippen LogP contribution is 2.65. The van der Waals surface area contributed by atoms with E-state index in [1.165, 1.54) is 0 Å². The molecule has 0 N–H and O–H groups in total. The van der Waals surface area contributed by atoms with Gasteiger partial charge in [-0.3, -0.25) is 0 Å². The molecule has 112 valence electrons. The summed E-state index contributed by atoms with van der Waals surface area (Å²) >= 11 is 10.3. The SMILES string of the molecule is FC(F)(F)C1=C(C(F)(F)F)SC(=C2SC(S)=C(S)S2)S1. The molecule has 0 spiro atoms. The first-order valence-electron chi connectivity index (χ1n) is 4.46. The molecule has 0 atom stereocenters. The number of allylic oxidation sites excluding steroid dienone is 2. The van der Waals surface area contributed by atoms with Gasteiger partial charge in [0, 0.05) is 0 Å². The van der Waals surface area contributed by atoms with Crippen LogP contribution in [0.2, 0.25) is 0 Å². The van der Waals surface area contributed by atoms with Crippen LogP contribution in [0.3, 0.4) is 0 Å². The molecule has 0 fully saturated rings. The van der Waals surface area contributed by atoms with Gasteiger partial charge in [-0.25, -0.2) is 0 Å². The van der Waals surface area contributed by atoms with Crippen molar-refractivity contribution >= 4 is 72.3 Å². The standard InChI is InChI=1S/C8H2F6S6/c9-7(10,11)1-2(8(12,13)14)18-5(17-1)6-19-3(15)4(16)20-6/h15-16H. The monoisotopic (exact) mass is 404 g/mol. The van der Waals surface area contributed by atoms with Crippen LogP contribution >= 0.6 is 72.3 Å². The third-order valence-electron chi connectivity index (χ3n) is 1.84. The van der Waals surface area contributed by atoms with Crippen molar-refractivity contribution < 1.29 is 26.3 Å². The van der Waals surface area contributed by atoms with Gasteiger partial charge in [0.15, 0.2) is 0 Å². The molecule has 2 heterocycles. The molecule has 2 aliphatic rings. The number of rotatable bonds is 0. The van der Waals surface area contributed by atoms with Crippen LogP contribution in [0, 0.1) is 0 Å². The van der Waals surface area contributed by atoms with Crippen LogP contribution in [0.5, 0.6) is 0 Å². The first kappa shape index (κ1) is 17.3. The molecule has 2 aliphatic heterocycles. The average molecular weight is 404 g/mol. The summed E-state index contributed by atoms with van der Waals surface area (Å²) < 4.78 is 77.3. The van der Waals surface area contributed by atoms with Crippen molar-refractivity contribution in [2.45, 2.75) is 12.4 Å². The molecule has 0 unspecified atom stereocenters. The van der Waals surface area contributed by atoms with E-state index in [0.29, 0.717) is 12.7 Å². The van der Waals surface area contributed by atoms with Gasteiger partial charge >= 0.3 is 12.4 Å². The van der Waals surface area contributed by atoms with Gasteiger partial charge in [-0.15, -0.1) is 25.3 Å². The van der Waals surface area contributed by atoms with Crippen LogP contribution in [-0.4, -0.2) is 12.4 Å². The predicted molar refractivity (Wildman–Crippen MR) is 81.5 cm³/mol. The van der Waals surface area contributed by atoms with Gasteiger partial charge in [-0.1, -0.05) is 47.0 Å². The summed E-state index contributed by atoms with van der Waals surface area (Å²) in [6.45, 7) is 0. The highest BCUT2D eigenvalue weighted by molar-refractivity contribution is 8.39. The van der Waals surface area contributed by atoms with E-state index < -0.39 is 22.2 Å². The van der Waals surface area contributed by atoms with Crippen molar-refractivity contribution in [2.24, 2.45) is 0 Å². The van der Waals surface area contributed by atoms with Gasteiger partial charge in [0.05, 0.1) is 16.9 Å². The fourth-order valence-electron chi connectivity index (χ4n) is 1.12. The van der Waals surface area contributed by atoms with Crippen LogP contribution in [0.25, 0.3) is 0 Å². The van der Waals surface area contributed by atoms with Crippen molar-refractivity contribution in [1.29, 1.82) is 0 Å². The van der Waals surface area contributed by atoms with E-state index in [1.54, 1.807) is 0 Å². The Morgan fingerprint density at radius 2 is 0.900 bits per heavy atom. The zero-order valence-corrected chi connectivity index (χ0v) is 13.9. The zero-order chi connectivity index (χ0) is 15.3. The maximum atomic E-state index is 12.7. The summed E-state index contributed by atoms with van der Waals surface area (Å²) in [7, 11) is 0. The maximum Gasteiger partial charge on any atom is 0.423 e. The molecule has 0 bridgehead atoms. The first-order valence-corrected chi connectivity index (χ1v) is 8.62. The maximum absolute atomic E-state index is 12.7. The fraction of sp³-hybridized carbons (Fsp3) is 0.250. The Hall–Kier alpha value is 0.900.